The van der Waals surface area contributed by atoms with Crippen LogP contribution in [0, 0.1) is 0 Å². The molecular weight excluding hydrogens is 210 g/mol. The second-order valence-corrected chi connectivity index (χ2v) is 4.78. The molecule has 1 aromatic heterocycles. The maximum atomic E-state index is 6.00. The average Bonchev–Trinajstić information content (AvgIpc) is 2.77. The van der Waals surface area contributed by atoms with E-state index in [4.69, 9.17) is 5.73 Å². The van der Waals surface area contributed by atoms with Crippen LogP contribution in [0.3, 0.4) is 0 Å². The van der Waals surface area contributed by atoms with Gasteiger partial charge in [0.15, 0.2) is 0 Å². The van der Waals surface area contributed by atoms with Crippen LogP contribution >= 0.6 is 0 Å². The van der Waals surface area contributed by atoms with Crippen molar-refractivity contribution in [1.82, 2.24) is 4.98 Å². The zero-order chi connectivity index (χ0) is 11.8. The van der Waals surface area contributed by atoms with E-state index in [0.717, 1.165) is 17.6 Å². The number of hydrogen-bond donors (Lipinski definition) is 1. The van der Waals surface area contributed by atoms with Crippen LogP contribution in [0.2, 0.25) is 0 Å². The fourth-order valence-corrected chi connectivity index (χ4v) is 2.74. The predicted octanol–water partition coefficient (Wildman–Crippen LogP) is 2.81. The lowest BCUT2D eigenvalue weighted by Gasteiger charge is -2.25. The molecule has 0 bridgehead atoms. The van der Waals surface area contributed by atoms with Crippen LogP contribution in [-0.4, -0.2) is 17.6 Å². The summed E-state index contributed by atoms with van der Waals surface area (Å²) in [7, 11) is 0. The summed E-state index contributed by atoms with van der Waals surface area (Å²) >= 11 is 0. The average molecular weight is 227 g/mol. The second kappa shape index (κ2) is 3.91. The smallest absolute Gasteiger partial charge is 0.0450 e. The van der Waals surface area contributed by atoms with Gasteiger partial charge in [0.05, 0.1) is 0 Å². The van der Waals surface area contributed by atoms with Gasteiger partial charge in [-0.1, -0.05) is 0 Å². The number of rotatable bonds is 1. The van der Waals surface area contributed by atoms with Crippen molar-refractivity contribution in [2.24, 2.45) is 0 Å². The minimum atomic E-state index is 0.620. The van der Waals surface area contributed by atoms with Gasteiger partial charge < -0.3 is 10.6 Å². The van der Waals surface area contributed by atoms with Gasteiger partial charge in [-0.05, 0) is 38.0 Å². The third-order valence-electron chi connectivity index (χ3n) is 3.69. The standard InChI is InChI=1S/C14H17N3/c1-10-3-2-8-17(10)14-5-4-13(15)12-9-16-7-6-11(12)14/h4-7,9-10H,2-3,8,15H2,1H3. The Morgan fingerprint density at radius 1 is 1.29 bits per heavy atom. The van der Waals surface area contributed by atoms with Crippen molar-refractivity contribution in [3.05, 3.63) is 30.6 Å². The van der Waals surface area contributed by atoms with Crippen molar-refractivity contribution < 1.29 is 0 Å². The molecule has 1 aliphatic rings. The van der Waals surface area contributed by atoms with Crippen LogP contribution in [0.1, 0.15) is 19.8 Å². The molecule has 1 aliphatic heterocycles. The summed E-state index contributed by atoms with van der Waals surface area (Å²) in [6.45, 7) is 3.43. The first-order valence-electron chi connectivity index (χ1n) is 6.16. The lowest BCUT2D eigenvalue weighted by molar-refractivity contribution is 0.737. The molecule has 1 atom stereocenters. The van der Waals surface area contributed by atoms with Crippen molar-refractivity contribution in [2.75, 3.05) is 17.2 Å². The Bertz CT molecular complexity index is 550. The van der Waals surface area contributed by atoms with Crippen molar-refractivity contribution in [3.63, 3.8) is 0 Å². The predicted molar refractivity (Wildman–Crippen MR) is 72.2 cm³/mol. The van der Waals surface area contributed by atoms with E-state index < -0.39 is 0 Å². The minimum Gasteiger partial charge on any atom is -0.398 e. The summed E-state index contributed by atoms with van der Waals surface area (Å²) in [6.07, 6.45) is 6.25. The highest BCUT2D eigenvalue weighted by atomic mass is 15.2. The number of fused-ring (bicyclic) bond motifs is 1. The van der Waals surface area contributed by atoms with E-state index in [2.05, 4.69) is 28.9 Å². The van der Waals surface area contributed by atoms with Gasteiger partial charge in [0, 0.05) is 47.1 Å². The van der Waals surface area contributed by atoms with Crippen molar-refractivity contribution in [1.29, 1.82) is 0 Å². The van der Waals surface area contributed by atoms with Crippen LogP contribution in [-0.2, 0) is 0 Å². The molecule has 0 amide bonds. The van der Waals surface area contributed by atoms with Crippen LogP contribution in [0.4, 0.5) is 11.4 Å². The van der Waals surface area contributed by atoms with Crippen LogP contribution in [0.5, 0.6) is 0 Å². The van der Waals surface area contributed by atoms with Gasteiger partial charge in [0.2, 0.25) is 0 Å². The maximum Gasteiger partial charge on any atom is 0.0450 e. The van der Waals surface area contributed by atoms with Crippen molar-refractivity contribution >= 4 is 22.1 Å². The molecule has 0 radical (unpaired) electrons. The van der Waals surface area contributed by atoms with Gasteiger partial charge in [-0.25, -0.2) is 0 Å². The molecule has 1 fully saturated rings. The summed E-state index contributed by atoms with van der Waals surface area (Å²) in [5, 5.41) is 2.28. The number of pyridine rings is 1. The summed E-state index contributed by atoms with van der Waals surface area (Å²) in [5.41, 5.74) is 8.10. The molecule has 0 saturated carbocycles. The lowest BCUT2D eigenvalue weighted by Crippen LogP contribution is -2.26. The molecular formula is C14H17N3. The number of benzene rings is 1. The summed E-state index contributed by atoms with van der Waals surface area (Å²) in [5.74, 6) is 0. The van der Waals surface area contributed by atoms with E-state index in [1.807, 2.05) is 18.5 Å². The molecule has 3 heteroatoms. The normalized spacial score (nSPS) is 20.1. The Hall–Kier alpha value is -1.77. The third kappa shape index (κ3) is 1.62. The van der Waals surface area contributed by atoms with Gasteiger partial charge in [-0.15, -0.1) is 0 Å². The molecule has 1 unspecified atom stereocenters. The Labute approximate surface area is 101 Å². The second-order valence-electron chi connectivity index (χ2n) is 4.78. The van der Waals surface area contributed by atoms with Crippen LogP contribution < -0.4 is 10.6 Å². The first-order valence-corrected chi connectivity index (χ1v) is 6.16. The van der Waals surface area contributed by atoms with Crippen LogP contribution in [0.25, 0.3) is 10.8 Å². The molecule has 88 valence electrons. The van der Waals surface area contributed by atoms with Gasteiger partial charge in [-0.3, -0.25) is 4.98 Å². The topological polar surface area (TPSA) is 42.1 Å². The monoisotopic (exact) mass is 227 g/mol. The van der Waals surface area contributed by atoms with E-state index in [1.54, 1.807) is 0 Å². The van der Waals surface area contributed by atoms with Gasteiger partial charge in [0.1, 0.15) is 0 Å². The first kappa shape index (κ1) is 10.4. The number of anilines is 2. The molecule has 3 nitrogen and oxygen atoms in total. The van der Waals surface area contributed by atoms with Gasteiger partial charge in [0.25, 0.3) is 0 Å². The Morgan fingerprint density at radius 2 is 2.18 bits per heavy atom. The number of aromatic nitrogens is 1. The fourth-order valence-electron chi connectivity index (χ4n) is 2.74. The molecule has 2 aromatic rings. The first-order chi connectivity index (χ1) is 8.27. The maximum absolute atomic E-state index is 6.00. The summed E-state index contributed by atoms with van der Waals surface area (Å²) in [6, 6.07) is 6.81. The zero-order valence-electron chi connectivity index (χ0n) is 10.1. The van der Waals surface area contributed by atoms with E-state index in [-0.39, 0.29) is 0 Å². The van der Waals surface area contributed by atoms with Gasteiger partial charge in [-0.2, -0.15) is 0 Å². The molecule has 17 heavy (non-hydrogen) atoms. The van der Waals surface area contributed by atoms with Crippen LogP contribution in [0.15, 0.2) is 30.6 Å². The highest BCUT2D eigenvalue weighted by Crippen LogP contribution is 2.34. The quantitative estimate of drug-likeness (QED) is 0.762. The highest BCUT2D eigenvalue weighted by molar-refractivity contribution is 6.00. The highest BCUT2D eigenvalue weighted by Gasteiger charge is 2.22. The van der Waals surface area contributed by atoms with E-state index >= 15 is 0 Å². The molecule has 3 rings (SSSR count). The number of hydrogen-bond acceptors (Lipinski definition) is 3. The molecule has 1 saturated heterocycles. The Morgan fingerprint density at radius 3 is 2.94 bits per heavy atom. The molecule has 0 aliphatic carbocycles. The number of nitrogen functional groups attached to an aromatic ring is 1. The largest absolute Gasteiger partial charge is 0.398 e. The molecule has 1 aromatic carbocycles. The van der Waals surface area contributed by atoms with Crippen molar-refractivity contribution in [3.8, 4) is 0 Å². The molecule has 2 N–H and O–H groups in total. The van der Waals surface area contributed by atoms with Crippen molar-refractivity contribution in [2.45, 2.75) is 25.8 Å². The number of nitrogens with zero attached hydrogens (tertiary/aromatic N) is 2. The number of nitrogens with two attached hydrogens (primary N) is 1. The Kier molecular flexibility index (Phi) is 2.39. The summed E-state index contributed by atoms with van der Waals surface area (Å²) < 4.78 is 0. The zero-order valence-corrected chi connectivity index (χ0v) is 10.1. The summed E-state index contributed by atoms with van der Waals surface area (Å²) in [4.78, 5) is 6.64. The SMILES string of the molecule is CC1CCCN1c1ccc(N)c2cnccc12. The molecule has 2 heterocycles. The molecule has 0 spiro atoms. The third-order valence-corrected chi connectivity index (χ3v) is 3.69. The lowest BCUT2D eigenvalue weighted by atomic mass is 10.1. The van der Waals surface area contributed by atoms with E-state index in [1.165, 1.54) is 23.9 Å². The minimum absolute atomic E-state index is 0.620. The van der Waals surface area contributed by atoms with E-state index in [9.17, 15) is 0 Å². The van der Waals surface area contributed by atoms with E-state index in [0.29, 0.717) is 6.04 Å². The van der Waals surface area contributed by atoms with Gasteiger partial charge >= 0.3 is 0 Å². The fraction of sp³-hybridized carbons (Fsp3) is 0.357. The Balaban J connectivity index is 2.20.